The summed E-state index contributed by atoms with van der Waals surface area (Å²) >= 11 is 0. The number of hydrogen-bond donors (Lipinski definition) is 4. The molecule has 0 aromatic heterocycles. The Labute approximate surface area is 487 Å². The van der Waals surface area contributed by atoms with Gasteiger partial charge in [0.2, 0.25) is 0 Å². The van der Waals surface area contributed by atoms with Crippen molar-refractivity contribution in [1.82, 2.24) is 10.6 Å². The number of ether oxygens (including phenoxy) is 4. The van der Waals surface area contributed by atoms with Crippen molar-refractivity contribution in [1.29, 1.82) is 0 Å². The summed E-state index contributed by atoms with van der Waals surface area (Å²) in [5, 5.41) is 14.0. The molecule has 0 atom stereocenters. The van der Waals surface area contributed by atoms with Gasteiger partial charge in [-0.25, -0.2) is 0 Å². The molecule has 0 radical (unpaired) electrons. The monoisotopic (exact) mass is 1090 g/mol. The van der Waals surface area contributed by atoms with E-state index in [2.05, 4.69) is 302 Å². The van der Waals surface area contributed by atoms with Crippen LogP contribution in [-0.4, -0.2) is 56.6 Å². The zero-order chi connectivity index (χ0) is 60.8. The van der Waals surface area contributed by atoms with Gasteiger partial charge in [-0.1, -0.05) is 262 Å². The molecule has 5 aliphatic heterocycles. The third-order valence-corrected chi connectivity index (χ3v) is 19.0. The molecule has 450 valence electrons. The maximum Gasteiger partial charge on any atom is 0.178 e. The maximum atomic E-state index is 6.55. The highest BCUT2D eigenvalue weighted by Gasteiger charge is 2.59. The molecule has 2 fully saturated rings. The summed E-state index contributed by atoms with van der Waals surface area (Å²) < 4.78 is 24.6. The highest BCUT2D eigenvalue weighted by molar-refractivity contribution is 5.62. The van der Waals surface area contributed by atoms with E-state index >= 15 is 0 Å². The summed E-state index contributed by atoms with van der Waals surface area (Å²) in [6.07, 6.45) is 2.21. The molecule has 4 N–H and O–H groups in total. The van der Waals surface area contributed by atoms with Crippen LogP contribution in [0, 0.1) is 54.1 Å². The third kappa shape index (κ3) is 13.1. The minimum absolute atomic E-state index is 0.0156. The summed E-state index contributed by atoms with van der Waals surface area (Å²) in [6.45, 7) is 73.5. The predicted molar refractivity (Wildman–Crippen MR) is 340 cm³/mol. The fraction of sp³-hybridized carbons (Fsp3) is 0.746. The van der Waals surface area contributed by atoms with Crippen molar-refractivity contribution in [2.45, 2.75) is 248 Å². The third-order valence-electron chi connectivity index (χ3n) is 19.0. The van der Waals surface area contributed by atoms with E-state index in [0.29, 0.717) is 19.9 Å². The van der Waals surface area contributed by atoms with Crippen molar-refractivity contribution < 1.29 is 18.9 Å². The first-order valence-electron chi connectivity index (χ1n) is 30.3. The van der Waals surface area contributed by atoms with Crippen molar-refractivity contribution in [3.8, 4) is 5.75 Å². The van der Waals surface area contributed by atoms with Gasteiger partial charge in [-0.3, -0.25) is 5.32 Å². The van der Waals surface area contributed by atoms with E-state index in [1.165, 1.54) is 28.1 Å². The second-order valence-corrected chi connectivity index (χ2v) is 34.0. The summed E-state index contributed by atoms with van der Waals surface area (Å²) in [6, 6.07) is 25.8. The van der Waals surface area contributed by atoms with Gasteiger partial charge < -0.3 is 34.9 Å². The standard InChI is InChI=1S/C17H26O.C16H25NO.C16H25N.C11H24N2.C11H22O2/c1-15(2,3)17(16(4,5)6)12-11-13-9-7-8-10-14(13)18-17;1-14(2,3)16(15(4,5)6)12-9-7-8-10-13(12)17-11-18-16;1-14(2,3)16(15(4,5)6)11-17-13-10-8-7-9-12(13)16;1-9(2,3)11(10(4,5)6)7-12-8-13-11;1-9(2,3)11(10(4,5)6)12-7-8-13-11/h7-10H,11-12H2,1-6H3;7-10,17H,11H2,1-6H3;7-10,17H,11H2,1-6H3;12-13H,7-8H2,1-6H3;7-8H2,1-6H3. The molecule has 0 saturated carbocycles. The second kappa shape index (κ2) is 23.1. The van der Waals surface area contributed by atoms with Gasteiger partial charge >= 0.3 is 0 Å². The van der Waals surface area contributed by atoms with Crippen LogP contribution in [0.15, 0.2) is 72.8 Å². The first-order chi connectivity index (χ1) is 35.5. The van der Waals surface area contributed by atoms with Gasteiger partial charge in [0.1, 0.15) is 23.7 Å². The largest absolute Gasteiger partial charge is 0.486 e. The van der Waals surface area contributed by atoms with E-state index in [-0.39, 0.29) is 76.3 Å². The molecule has 3 aromatic rings. The molecule has 8 rings (SSSR count). The van der Waals surface area contributed by atoms with Gasteiger partial charge in [0.25, 0.3) is 0 Å². The lowest BCUT2D eigenvalue weighted by Crippen LogP contribution is -2.61. The second-order valence-electron chi connectivity index (χ2n) is 34.0. The van der Waals surface area contributed by atoms with Crippen molar-refractivity contribution in [3.63, 3.8) is 0 Å². The maximum absolute atomic E-state index is 6.55. The van der Waals surface area contributed by atoms with E-state index in [1.807, 2.05) is 0 Å². The molecule has 0 amide bonds. The number of fused-ring (bicyclic) bond motifs is 3. The molecular weight excluding hydrogens is 973 g/mol. The molecule has 0 unspecified atom stereocenters. The van der Waals surface area contributed by atoms with Crippen LogP contribution in [0.25, 0.3) is 0 Å². The van der Waals surface area contributed by atoms with Crippen molar-refractivity contribution in [2.75, 3.05) is 50.3 Å². The lowest BCUT2D eigenvalue weighted by atomic mass is 9.52. The van der Waals surface area contributed by atoms with Crippen LogP contribution in [-0.2, 0) is 31.6 Å². The molecule has 3 aromatic carbocycles. The van der Waals surface area contributed by atoms with Gasteiger partial charge in [-0.2, -0.15) is 0 Å². The Kier molecular flexibility index (Phi) is 20.0. The van der Waals surface area contributed by atoms with Gasteiger partial charge in [0.15, 0.2) is 5.79 Å². The van der Waals surface area contributed by atoms with Crippen LogP contribution >= 0.6 is 0 Å². The topological polar surface area (TPSA) is 85.0 Å². The number of hydrogen-bond acceptors (Lipinski definition) is 8. The van der Waals surface area contributed by atoms with E-state index in [0.717, 1.165) is 38.3 Å². The summed E-state index contributed by atoms with van der Waals surface area (Å²) in [5.74, 6) is 0.647. The number of para-hydroxylation sites is 3. The van der Waals surface area contributed by atoms with Crippen LogP contribution in [0.2, 0.25) is 0 Å². The van der Waals surface area contributed by atoms with Gasteiger partial charge in [-0.15, -0.1) is 0 Å². The predicted octanol–water partition coefficient (Wildman–Crippen LogP) is 18.4. The Morgan fingerprint density at radius 1 is 0.405 bits per heavy atom. The SMILES string of the molecule is CC(C)(C)C1(C(C)(C)C)CCc2ccccc2O1.CC(C)(C)C1(C(C)(C)C)CNCN1.CC(C)(C)C1(C(C)(C)C)CNc2ccccc21.CC(C)(C)C1(C(C)(C)C)OCCO1.CC(C)(C)C1(C(C)(C)C)OCNc2ccccc21. The Morgan fingerprint density at radius 3 is 1.22 bits per heavy atom. The number of benzene rings is 3. The Bertz CT molecular complexity index is 2300. The zero-order valence-electron chi connectivity index (χ0n) is 56.7. The van der Waals surface area contributed by atoms with Gasteiger partial charge in [0, 0.05) is 69.3 Å². The van der Waals surface area contributed by atoms with Crippen molar-refractivity contribution in [3.05, 3.63) is 89.5 Å². The summed E-state index contributed by atoms with van der Waals surface area (Å²) in [4.78, 5) is 0. The Morgan fingerprint density at radius 2 is 0.835 bits per heavy atom. The van der Waals surface area contributed by atoms with E-state index in [1.54, 1.807) is 0 Å². The summed E-state index contributed by atoms with van der Waals surface area (Å²) in [7, 11) is 0. The molecule has 0 spiro atoms. The average Bonchev–Trinajstić information content (AvgIpc) is 4.08. The first kappa shape index (κ1) is 68.4. The summed E-state index contributed by atoms with van der Waals surface area (Å²) in [5.41, 5.74) is 8.05. The van der Waals surface area contributed by atoms with Crippen molar-refractivity contribution >= 4 is 11.4 Å². The molecule has 79 heavy (non-hydrogen) atoms. The lowest BCUT2D eigenvalue weighted by molar-refractivity contribution is -0.279. The number of aryl methyl sites for hydroxylation is 1. The van der Waals surface area contributed by atoms with Crippen LogP contribution < -0.4 is 26.0 Å². The molecular formula is C71H122N4O4. The van der Waals surface area contributed by atoms with E-state index in [9.17, 15) is 0 Å². The molecule has 0 aliphatic carbocycles. The zero-order valence-corrected chi connectivity index (χ0v) is 56.7. The molecule has 0 bridgehead atoms. The van der Waals surface area contributed by atoms with Crippen LogP contribution in [0.5, 0.6) is 5.75 Å². The number of nitrogens with one attached hydrogen (secondary N) is 4. The van der Waals surface area contributed by atoms with Crippen LogP contribution in [0.1, 0.15) is 231 Å². The number of anilines is 2. The quantitative estimate of drug-likeness (QED) is 0.177. The van der Waals surface area contributed by atoms with Gasteiger partial charge in [0.05, 0.1) is 13.2 Å². The fourth-order valence-corrected chi connectivity index (χ4v) is 16.1. The van der Waals surface area contributed by atoms with E-state index in [4.69, 9.17) is 18.9 Å². The van der Waals surface area contributed by atoms with Crippen LogP contribution in [0.3, 0.4) is 0 Å². The van der Waals surface area contributed by atoms with E-state index < -0.39 is 5.79 Å². The smallest absolute Gasteiger partial charge is 0.178 e. The molecule has 5 aliphatic rings. The van der Waals surface area contributed by atoms with Crippen molar-refractivity contribution in [2.24, 2.45) is 54.1 Å². The Balaban J connectivity index is 0.000000214. The molecule has 8 heteroatoms. The normalized spacial score (nSPS) is 20.4. The molecule has 8 nitrogen and oxygen atoms in total. The highest BCUT2D eigenvalue weighted by Crippen LogP contribution is 2.59. The minimum Gasteiger partial charge on any atom is -0.486 e. The highest BCUT2D eigenvalue weighted by atomic mass is 16.7. The van der Waals surface area contributed by atoms with Crippen LogP contribution in [0.4, 0.5) is 11.4 Å². The Hall–Kier alpha value is -3.14. The average molecular weight is 1100 g/mol. The van der Waals surface area contributed by atoms with Gasteiger partial charge in [-0.05, 0) is 74.7 Å². The minimum atomic E-state index is -0.431. The lowest BCUT2D eigenvalue weighted by Gasteiger charge is -2.55. The molecule has 2 saturated heterocycles. The fourth-order valence-electron chi connectivity index (χ4n) is 16.1. The number of rotatable bonds is 0. The first-order valence-corrected chi connectivity index (χ1v) is 30.3. The molecule has 5 heterocycles.